The van der Waals surface area contributed by atoms with E-state index in [1.165, 1.54) is 0 Å². The molecule has 0 unspecified atom stereocenters. The number of nitrogens with zero attached hydrogens (tertiary/aromatic N) is 3. The van der Waals surface area contributed by atoms with Crippen LogP contribution in [0.4, 0.5) is 0 Å². The van der Waals surface area contributed by atoms with Gasteiger partial charge in [0.25, 0.3) is 0 Å². The molecule has 0 N–H and O–H groups in total. The highest BCUT2D eigenvalue weighted by Gasteiger charge is 2.48. The Morgan fingerprint density at radius 2 is 2.29 bits per heavy atom. The molecule has 3 heterocycles. The Bertz CT molecular complexity index is 575. The molecule has 132 valence electrons. The molecule has 3 rings (SSSR count). The predicted octanol–water partition coefficient (Wildman–Crippen LogP) is 1.21. The molecule has 0 bridgehead atoms. The molecule has 1 spiro atoms. The van der Waals surface area contributed by atoms with Crippen molar-refractivity contribution in [3.63, 3.8) is 0 Å². The maximum Gasteiger partial charge on any atom is 0.248 e. The van der Waals surface area contributed by atoms with Crippen molar-refractivity contribution in [3.05, 3.63) is 18.1 Å². The van der Waals surface area contributed by atoms with Crippen LogP contribution >= 0.6 is 0 Å². The fraction of sp³-hybridized carbons (Fsp3) is 0.706. The summed E-state index contributed by atoms with van der Waals surface area (Å²) in [6.07, 6.45) is 6.34. The molecule has 1 atom stereocenters. The average molecular weight is 335 g/mol. The van der Waals surface area contributed by atoms with Gasteiger partial charge in [-0.2, -0.15) is 0 Å². The van der Waals surface area contributed by atoms with E-state index >= 15 is 0 Å². The molecule has 24 heavy (non-hydrogen) atoms. The first-order valence-corrected chi connectivity index (χ1v) is 8.42. The monoisotopic (exact) mass is 335 g/mol. The molecule has 7 heteroatoms. The molecule has 2 fully saturated rings. The summed E-state index contributed by atoms with van der Waals surface area (Å²) in [7, 11) is 1.54. The number of amides is 1. The second-order valence-corrected chi connectivity index (χ2v) is 6.71. The zero-order valence-corrected chi connectivity index (χ0v) is 14.4. The smallest absolute Gasteiger partial charge is 0.248 e. The van der Waals surface area contributed by atoms with Gasteiger partial charge in [0.1, 0.15) is 12.2 Å². The highest BCUT2D eigenvalue weighted by atomic mass is 16.5. The molecular weight excluding hydrogens is 310 g/mol. The second kappa shape index (κ2) is 7.44. The number of hydrogen-bond donors (Lipinski definition) is 0. The molecule has 1 amide bonds. The molecular formula is C17H25N3O4. The van der Waals surface area contributed by atoms with E-state index in [0.717, 1.165) is 31.6 Å². The molecule has 0 radical (unpaired) electrons. The number of aryl methyl sites for hydroxylation is 1. The lowest BCUT2D eigenvalue weighted by atomic mass is 9.79. The van der Waals surface area contributed by atoms with E-state index in [1.54, 1.807) is 19.5 Å². The molecule has 2 aliphatic rings. The Morgan fingerprint density at radius 1 is 1.46 bits per heavy atom. The number of rotatable bonds is 6. The first-order valence-electron chi connectivity index (χ1n) is 8.42. The summed E-state index contributed by atoms with van der Waals surface area (Å²) >= 11 is 0. The minimum Gasteiger partial charge on any atom is -0.477 e. The van der Waals surface area contributed by atoms with Crippen LogP contribution in [-0.4, -0.2) is 66.4 Å². The van der Waals surface area contributed by atoms with E-state index in [2.05, 4.69) is 9.97 Å². The average Bonchev–Trinajstić information content (AvgIpc) is 2.53. The number of carbonyl (C=O) groups excluding carboxylic acids is 1. The molecule has 0 aliphatic carbocycles. The molecule has 2 saturated heterocycles. The van der Waals surface area contributed by atoms with Gasteiger partial charge in [-0.1, -0.05) is 0 Å². The Balaban J connectivity index is 1.42. The van der Waals surface area contributed by atoms with Crippen LogP contribution in [0.15, 0.2) is 12.4 Å². The van der Waals surface area contributed by atoms with Gasteiger partial charge in [0.05, 0.1) is 31.6 Å². The summed E-state index contributed by atoms with van der Waals surface area (Å²) in [5, 5.41) is 0. The Kier molecular flexibility index (Phi) is 5.30. The van der Waals surface area contributed by atoms with Crippen molar-refractivity contribution < 1.29 is 19.0 Å². The number of likely N-dealkylation sites (tertiary alicyclic amines) is 1. The summed E-state index contributed by atoms with van der Waals surface area (Å²) in [4.78, 5) is 22.0. The van der Waals surface area contributed by atoms with Gasteiger partial charge < -0.3 is 19.1 Å². The quantitative estimate of drug-likeness (QED) is 0.778. The minimum atomic E-state index is -0.157. The zero-order chi connectivity index (χ0) is 17.0. The van der Waals surface area contributed by atoms with Crippen LogP contribution in [0.2, 0.25) is 0 Å². The Morgan fingerprint density at radius 3 is 3.04 bits per heavy atom. The highest BCUT2D eigenvalue weighted by molar-refractivity contribution is 5.78. The first kappa shape index (κ1) is 17.1. The number of carbonyl (C=O) groups is 1. The van der Waals surface area contributed by atoms with Crippen LogP contribution < -0.4 is 4.74 Å². The van der Waals surface area contributed by atoms with Crippen molar-refractivity contribution in [2.75, 3.05) is 40.0 Å². The van der Waals surface area contributed by atoms with Gasteiger partial charge in [-0.3, -0.25) is 9.78 Å². The van der Waals surface area contributed by atoms with Crippen LogP contribution in [0.3, 0.4) is 0 Å². The van der Waals surface area contributed by atoms with Crippen LogP contribution in [-0.2, 0) is 14.3 Å². The lowest BCUT2D eigenvalue weighted by molar-refractivity contribution is -0.190. The predicted molar refractivity (Wildman–Crippen MR) is 86.7 cm³/mol. The van der Waals surface area contributed by atoms with Gasteiger partial charge in [0.2, 0.25) is 11.8 Å². The summed E-state index contributed by atoms with van der Waals surface area (Å²) in [6, 6.07) is 0. The van der Waals surface area contributed by atoms with E-state index in [-0.39, 0.29) is 18.1 Å². The zero-order valence-electron chi connectivity index (χ0n) is 14.4. The fourth-order valence-electron chi connectivity index (χ4n) is 3.48. The summed E-state index contributed by atoms with van der Waals surface area (Å²) in [5.74, 6) is 1.17. The maximum atomic E-state index is 11.8. The summed E-state index contributed by atoms with van der Waals surface area (Å²) in [6.45, 7) is 4.78. The standard InChI is InChI=1S/C17H25N3O4/c1-13-8-18-9-15(19-13)23-5-3-14-4-6-24-17(7-14)11-20(12-17)16(21)10-22-2/h8-9,14H,3-7,10-12H2,1-2H3/t14-/m0/s1. The number of aromatic nitrogens is 2. The van der Waals surface area contributed by atoms with Crippen LogP contribution in [0, 0.1) is 12.8 Å². The minimum absolute atomic E-state index is 0.0372. The van der Waals surface area contributed by atoms with Crippen molar-refractivity contribution in [1.29, 1.82) is 0 Å². The van der Waals surface area contributed by atoms with Crippen molar-refractivity contribution >= 4 is 5.91 Å². The first-order chi connectivity index (χ1) is 11.6. The van der Waals surface area contributed by atoms with Crippen molar-refractivity contribution in [2.45, 2.75) is 31.8 Å². The molecule has 2 aliphatic heterocycles. The van der Waals surface area contributed by atoms with Gasteiger partial charge in [-0.15, -0.1) is 0 Å². The lowest BCUT2D eigenvalue weighted by Gasteiger charge is -2.53. The van der Waals surface area contributed by atoms with E-state index in [0.29, 0.717) is 31.5 Å². The molecule has 0 aromatic carbocycles. The third-order valence-electron chi connectivity index (χ3n) is 4.68. The van der Waals surface area contributed by atoms with Gasteiger partial charge >= 0.3 is 0 Å². The summed E-state index contributed by atoms with van der Waals surface area (Å²) < 4.78 is 16.6. The van der Waals surface area contributed by atoms with E-state index < -0.39 is 0 Å². The van der Waals surface area contributed by atoms with E-state index in [4.69, 9.17) is 14.2 Å². The molecule has 1 aromatic rings. The summed E-state index contributed by atoms with van der Waals surface area (Å²) in [5.41, 5.74) is 0.697. The normalized spacial score (nSPS) is 22.2. The largest absolute Gasteiger partial charge is 0.477 e. The third kappa shape index (κ3) is 4.02. The lowest BCUT2D eigenvalue weighted by Crippen LogP contribution is -2.67. The Labute approximate surface area is 142 Å². The van der Waals surface area contributed by atoms with E-state index in [9.17, 15) is 4.79 Å². The fourth-order valence-corrected chi connectivity index (χ4v) is 3.48. The topological polar surface area (TPSA) is 73.8 Å². The van der Waals surface area contributed by atoms with Gasteiger partial charge in [-0.05, 0) is 32.1 Å². The van der Waals surface area contributed by atoms with Gasteiger partial charge in [-0.25, -0.2) is 4.98 Å². The molecule has 0 saturated carbocycles. The van der Waals surface area contributed by atoms with Crippen LogP contribution in [0.5, 0.6) is 5.88 Å². The highest BCUT2D eigenvalue weighted by Crippen LogP contribution is 2.38. The SMILES string of the molecule is COCC(=O)N1CC2(C[C@@H](CCOc3cncc(C)n3)CCO2)C1. The van der Waals surface area contributed by atoms with Gasteiger partial charge in [0.15, 0.2) is 0 Å². The number of ether oxygens (including phenoxy) is 3. The molecule has 1 aromatic heterocycles. The van der Waals surface area contributed by atoms with Crippen LogP contribution in [0.25, 0.3) is 0 Å². The van der Waals surface area contributed by atoms with Crippen LogP contribution in [0.1, 0.15) is 25.0 Å². The Hall–Kier alpha value is -1.73. The molecule has 7 nitrogen and oxygen atoms in total. The van der Waals surface area contributed by atoms with Crippen molar-refractivity contribution in [2.24, 2.45) is 5.92 Å². The maximum absolute atomic E-state index is 11.8. The number of methoxy groups -OCH3 is 1. The number of hydrogen-bond acceptors (Lipinski definition) is 6. The van der Waals surface area contributed by atoms with Crippen molar-refractivity contribution in [3.8, 4) is 5.88 Å². The second-order valence-electron chi connectivity index (χ2n) is 6.71. The third-order valence-corrected chi connectivity index (χ3v) is 4.68. The van der Waals surface area contributed by atoms with E-state index in [1.807, 2.05) is 11.8 Å². The van der Waals surface area contributed by atoms with Crippen molar-refractivity contribution in [1.82, 2.24) is 14.9 Å². The van der Waals surface area contributed by atoms with Gasteiger partial charge in [0, 0.05) is 19.9 Å².